The molecule has 0 atom stereocenters. The molecule has 0 aromatic heterocycles. The Balaban J connectivity index is 3.05. The van der Waals surface area contributed by atoms with Crippen molar-refractivity contribution in [3.8, 4) is 0 Å². The van der Waals surface area contributed by atoms with Crippen molar-refractivity contribution in [2.24, 2.45) is 10.2 Å². The molecular weight excluding hydrogens is 310 g/mol. The van der Waals surface area contributed by atoms with Crippen LogP contribution in [0.4, 0.5) is 5.69 Å². The van der Waals surface area contributed by atoms with Crippen molar-refractivity contribution in [2.45, 2.75) is 11.4 Å². The summed E-state index contributed by atoms with van der Waals surface area (Å²) in [6.45, 7) is 1.73. The van der Waals surface area contributed by atoms with E-state index in [2.05, 4.69) is 10.2 Å². The molecule has 0 saturated heterocycles. The maximum Gasteiger partial charge on any atom is 0.365 e. The summed E-state index contributed by atoms with van der Waals surface area (Å²) in [7, 11) is 0. The minimum atomic E-state index is -2.33. The van der Waals surface area contributed by atoms with Gasteiger partial charge in [0.25, 0.3) is 0 Å². The molecule has 0 unspecified atom stereocenters. The summed E-state index contributed by atoms with van der Waals surface area (Å²) >= 11 is 22.5. The van der Waals surface area contributed by atoms with Gasteiger partial charge in [-0.25, -0.2) is 4.79 Å². The number of aliphatic carboxylic acids is 1. The Labute approximate surface area is 117 Å². The highest BCUT2D eigenvalue weighted by molar-refractivity contribution is 6.57. The third kappa shape index (κ3) is 3.71. The lowest BCUT2D eigenvalue weighted by Crippen LogP contribution is -2.21. The second kappa shape index (κ2) is 5.40. The average Bonchev–Trinajstić information content (AvgIpc) is 2.22. The molecule has 92 valence electrons. The summed E-state index contributed by atoms with van der Waals surface area (Å²) < 4.78 is -2.33. The van der Waals surface area contributed by atoms with Gasteiger partial charge in [0.15, 0.2) is 0 Å². The first-order valence-corrected chi connectivity index (χ1v) is 5.75. The van der Waals surface area contributed by atoms with Crippen molar-refractivity contribution in [3.63, 3.8) is 0 Å². The van der Waals surface area contributed by atoms with Crippen LogP contribution < -0.4 is 0 Å². The van der Waals surface area contributed by atoms with Gasteiger partial charge in [0.2, 0.25) is 0 Å². The molecule has 0 fully saturated rings. The van der Waals surface area contributed by atoms with Crippen molar-refractivity contribution in [2.75, 3.05) is 0 Å². The lowest BCUT2D eigenvalue weighted by atomic mass is 10.2. The summed E-state index contributed by atoms with van der Waals surface area (Å²) in [5.74, 6) is -1.52. The predicted molar refractivity (Wildman–Crippen MR) is 67.8 cm³/mol. The van der Waals surface area contributed by atoms with Crippen LogP contribution in [0, 0.1) is 6.92 Å². The van der Waals surface area contributed by atoms with Crippen LogP contribution in [0.1, 0.15) is 5.56 Å². The molecule has 0 saturated carbocycles. The van der Waals surface area contributed by atoms with E-state index in [0.29, 0.717) is 15.6 Å². The van der Waals surface area contributed by atoms with Gasteiger partial charge in [-0.1, -0.05) is 46.4 Å². The van der Waals surface area contributed by atoms with E-state index in [1.807, 2.05) is 0 Å². The Hall–Kier alpha value is -0.550. The number of azo groups is 1. The Morgan fingerprint density at radius 1 is 1.29 bits per heavy atom. The Kier molecular flexibility index (Phi) is 4.61. The zero-order valence-electron chi connectivity index (χ0n) is 8.42. The molecule has 1 aromatic rings. The van der Waals surface area contributed by atoms with E-state index >= 15 is 0 Å². The maximum absolute atomic E-state index is 10.6. The first-order chi connectivity index (χ1) is 7.74. The van der Waals surface area contributed by atoms with Gasteiger partial charge in [-0.3, -0.25) is 0 Å². The topological polar surface area (TPSA) is 62.0 Å². The molecule has 0 aliphatic heterocycles. The number of alkyl halides is 2. The third-order valence-electron chi connectivity index (χ3n) is 1.81. The molecule has 0 aliphatic rings. The molecule has 1 N–H and O–H groups in total. The molecule has 1 aromatic carbocycles. The van der Waals surface area contributed by atoms with Crippen LogP contribution in [0.3, 0.4) is 0 Å². The van der Waals surface area contributed by atoms with Crippen molar-refractivity contribution in [1.29, 1.82) is 0 Å². The van der Waals surface area contributed by atoms with Gasteiger partial charge in [0, 0.05) is 10.0 Å². The smallest absolute Gasteiger partial charge is 0.365 e. The summed E-state index contributed by atoms with van der Waals surface area (Å²) in [6, 6.07) is 2.94. The minimum absolute atomic E-state index is 0.262. The van der Waals surface area contributed by atoms with Gasteiger partial charge in [0.05, 0.1) is 5.69 Å². The van der Waals surface area contributed by atoms with Crippen LogP contribution in [0.5, 0.6) is 0 Å². The van der Waals surface area contributed by atoms with Gasteiger partial charge in [-0.15, -0.1) is 5.11 Å². The highest BCUT2D eigenvalue weighted by Gasteiger charge is 2.33. The van der Waals surface area contributed by atoms with Crippen molar-refractivity contribution < 1.29 is 9.90 Å². The lowest BCUT2D eigenvalue weighted by Gasteiger charge is -2.06. The number of hydrogen-bond donors (Lipinski definition) is 1. The summed E-state index contributed by atoms with van der Waals surface area (Å²) in [4.78, 5) is 10.6. The molecule has 8 heteroatoms. The molecule has 0 spiro atoms. The average molecular weight is 316 g/mol. The number of rotatable bonds is 3. The summed E-state index contributed by atoms with van der Waals surface area (Å²) in [5.41, 5.74) is 0.950. The van der Waals surface area contributed by atoms with Crippen LogP contribution in [0.15, 0.2) is 22.4 Å². The quantitative estimate of drug-likeness (QED) is 0.503. The summed E-state index contributed by atoms with van der Waals surface area (Å²) in [5, 5.41) is 16.2. The first-order valence-electron chi connectivity index (χ1n) is 4.24. The number of hydrogen-bond acceptors (Lipinski definition) is 3. The molecule has 1 rings (SSSR count). The van der Waals surface area contributed by atoms with Gasteiger partial charge in [0.1, 0.15) is 0 Å². The normalized spacial score (nSPS) is 12.1. The lowest BCUT2D eigenvalue weighted by molar-refractivity contribution is -0.137. The Morgan fingerprint density at radius 3 is 2.18 bits per heavy atom. The number of carboxylic acid groups (broad SMARTS) is 1. The van der Waals surface area contributed by atoms with Crippen LogP contribution in [-0.2, 0) is 4.79 Å². The highest BCUT2D eigenvalue weighted by Crippen LogP contribution is 2.31. The van der Waals surface area contributed by atoms with E-state index < -0.39 is 10.4 Å². The predicted octanol–water partition coefficient (Wildman–Crippen LogP) is 4.60. The van der Waals surface area contributed by atoms with E-state index in [1.165, 1.54) is 12.1 Å². The van der Waals surface area contributed by atoms with Crippen LogP contribution in [-0.4, -0.2) is 15.5 Å². The standard InChI is InChI=1S/C9H6Cl4N2O2/c1-4-6(10)2-5(3-7(4)11)14-15-9(12,13)8(16)17/h2-3H,1H3,(H,16,17). The fourth-order valence-electron chi connectivity index (χ4n) is 0.853. The first kappa shape index (κ1) is 14.5. The van der Waals surface area contributed by atoms with E-state index in [9.17, 15) is 4.79 Å². The molecule has 0 amide bonds. The van der Waals surface area contributed by atoms with Gasteiger partial charge in [-0.2, -0.15) is 5.11 Å². The second-order valence-corrected chi connectivity index (χ2v) is 5.18. The monoisotopic (exact) mass is 314 g/mol. The number of carboxylic acids is 1. The van der Waals surface area contributed by atoms with Crippen LogP contribution >= 0.6 is 46.4 Å². The molecule has 0 bridgehead atoms. The molecular formula is C9H6Cl4N2O2. The van der Waals surface area contributed by atoms with Crippen molar-refractivity contribution in [1.82, 2.24) is 0 Å². The fraction of sp³-hybridized carbons (Fsp3) is 0.222. The van der Waals surface area contributed by atoms with Crippen LogP contribution in [0.2, 0.25) is 10.0 Å². The van der Waals surface area contributed by atoms with E-state index in [1.54, 1.807) is 6.92 Å². The van der Waals surface area contributed by atoms with Gasteiger partial charge >= 0.3 is 10.4 Å². The Morgan fingerprint density at radius 2 is 1.76 bits per heavy atom. The summed E-state index contributed by atoms with van der Waals surface area (Å²) in [6.07, 6.45) is 0. The molecule has 0 aliphatic carbocycles. The van der Waals surface area contributed by atoms with Crippen molar-refractivity contribution >= 4 is 58.1 Å². The SMILES string of the molecule is Cc1c(Cl)cc(N=NC(Cl)(Cl)C(=O)O)cc1Cl. The molecule has 0 heterocycles. The number of carbonyl (C=O) groups is 1. The zero-order valence-corrected chi connectivity index (χ0v) is 11.4. The third-order valence-corrected chi connectivity index (χ3v) is 3.07. The molecule has 4 nitrogen and oxygen atoms in total. The minimum Gasteiger partial charge on any atom is -0.478 e. The second-order valence-electron chi connectivity index (χ2n) is 3.08. The van der Waals surface area contributed by atoms with E-state index in [0.717, 1.165) is 0 Å². The zero-order chi connectivity index (χ0) is 13.2. The van der Waals surface area contributed by atoms with Crippen LogP contribution in [0.25, 0.3) is 0 Å². The maximum atomic E-state index is 10.6. The number of benzene rings is 1. The van der Waals surface area contributed by atoms with E-state index in [4.69, 9.17) is 51.5 Å². The molecule has 17 heavy (non-hydrogen) atoms. The fourth-order valence-corrected chi connectivity index (χ4v) is 1.40. The molecule has 0 radical (unpaired) electrons. The Bertz CT molecular complexity index is 465. The van der Waals surface area contributed by atoms with Gasteiger partial charge in [-0.05, 0) is 24.6 Å². The van der Waals surface area contributed by atoms with E-state index in [-0.39, 0.29) is 5.69 Å². The number of nitrogens with zero attached hydrogens (tertiary/aromatic N) is 2. The van der Waals surface area contributed by atoms with Crippen molar-refractivity contribution in [3.05, 3.63) is 27.7 Å². The number of halogens is 4. The van der Waals surface area contributed by atoms with Gasteiger partial charge < -0.3 is 5.11 Å². The largest absolute Gasteiger partial charge is 0.478 e. The highest BCUT2D eigenvalue weighted by atomic mass is 35.5.